The third kappa shape index (κ3) is 5.92. The molecule has 0 aliphatic carbocycles. The van der Waals surface area contributed by atoms with E-state index < -0.39 is 0 Å². The molecule has 0 spiro atoms. The first kappa shape index (κ1) is 17.0. The third-order valence-electron chi connectivity index (χ3n) is 2.75. The SMILES string of the molecule is CCNC(=NCC(c1cccs1)N(C)C)NC(C)(C)C. The number of thiophene rings is 1. The van der Waals surface area contributed by atoms with Crippen LogP contribution in [0.15, 0.2) is 22.5 Å². The highest BCUT2D eigenvalue weighted by atomic mass is 32.1. The van der Waals surface area contributed by atoms with Crippen molar-refractivity contribution in [3.05, 3.63) is 22.4 Å². The molecular formula is C15H28N4S. The molecule has 1 rings (SSSR count). The molecule has 1 aromatic heterocycles. The van der Waals surface area contributed by atoms with E-state index in [0.29, 0.717) is 6.04 Å². The second kappa shape index (κ2) is 7.64. The maximum Gasteiger partial charge on any atom is 0.191 e. The van der Waals surface area contributed by atoms with Gasteiger partial charge in [0.2, 0.25) is 0 Å². The molecule has 0 saturated heterocycles. The van der Waals surface area contributed by atoms with Gasteiger partial charge in [-0.2, -0.15) is 0 Å². The van der Waals surface area contributed by atoms with Crippen molar-refractivity contribution in [1.82, 2.24) is 15.5 Å². The van der Waals surface area contributed by atoms with E-state index in [1.165, 1.54) is 4.88 Å². The summed E-state index contributed by atoms with van der Waals surface area (Å²) in [6.07, 6.45) is 0. The number of hydrogen-bond donors (Lipinski definition) is 2. The van der Waals surface area contributed by atoms with E-state index in [9.17, 15) is 0 Å². The van der Waals surface area contributed by atoms with Gasteiger partial charge in [0.05, 0.1) is 12.6 Å². The zero-order valence-electron chi connectivity index (χ0n) is 13.5. The van der Waals surface area contributed by atoms with Crippen LogP contribution in [0, 0.1) is 0 Å². The Labute approximate surface area is 127 Å². The largest absolute Gasteiger partial charge is 0.357 e. The molecule has 1 atom stereocenters. The van der Waals surface area contributed by atoms with Gasteiger partial charge >= 0.3 is 0 Å². The standard InChI is InChI=1S/C15H28N4S/c1-7-16-14(18-15(2,3)4)17-11-12(19(5)6)13-9-8-10-20-13/h8-10,12H,7,11H2,1-6H3,(H2,16,17,18). The Morgan fingerprint density at radius 2 is 2.10 bits per heavy atom. The van der Waals surface area contributed by atoms with Crippen LogP contribution in [0.1, 0.15) is 38.6 Å². The van der Waals surface area contributed by atoms with Crippen molar-refractivity contribution in [3.8, 4) is 0 Å². The topological polar surface area (TPSA) is 39.7 Å². The number of likely N-dealkylation sites (N-methyl/N-ethyl adjacent to an activating group) is 1. The highest BCUT2D eigenvalue weighted by Crippen LogP contribution is 2.23. The van der Waals surface area contributed by atoms with Crippen molar-refractivity contribution in [3.63, 3.8) is 0 Å². The highest BCUT2D eigenvalue weighted by molar-refractivity contribution is 7.10. The summed E-state index contributed by atoms with van der Waals surface area (Å²) in [5.41, 5.74) is 0.0115. The van der Waals surface area contributed by atoms with E-state index in [0.717, 1.165) is 19.0 Å². The molecule has 0 fully saturated rings. The average Bonchev–Trinajstić information content (AvgIpc) is 2.80. The minimum absolute atomic E-state index is 0.0115. The fraction of sp³-hybridized carbons (Fsp3) is 0.667. The second-order valence-electron chi connectivity index (χ2n) is 6.09. The van der Waals surface area contributed by atoms with Gasteiger partial charge in [-0.15, -0.1) is 11.3 Å². The number of nitrogens with one attached hydrogen (secondary N) is 2. The van der Waals surface area contributed by atoms with Crippen LogP contribution in [0.4, 0.5) is 0 Å². The second-order valence-corrected chi connectivity index (χ2v) is 7.07. The number of nitrogens with zero attached hydrogens (tertiary/aromatic N) is 2. The van der Waals surface area contributed by atoms with Crippen molar-refractivity contribution >= 4 is 17.3 Å². The summed E-state index contributed by atoms with van der Waals surface area (Å²) in [5.74, 6) is 0.878. The monoisotopic (exact) mass is 296 g/mol. The molecule has 114 valence electrons. The zero-order chi connectivity index (χ0) is 15.2. The van der Waals surface area contributed by atoms with Gasteiger partial charge in [0.15, 0.2) is 5.96 Å². The Kier molecular flexibility index (Phi) is 6.49. The zero-order valence-corrected chi connectivity index (χ0v) is 14.3. The van der Waals surface area contributed by atoms with Gasteiger partial charge in [0.25, 0.3) is 0 Å². The molecule has 0 radical (unpaired) electrons. The molecule has 1 heterocycles. The van der Waals surface area contributed by atoms with Crippen molar-refractivity contribution in [2.75, 3.05) is 27.2 Å². The maximum absolute atomic E-state index is 4.74. The number of rotatable bonds is 5. The molecule has 2 N–H and O–H groups in total. The first-order valence-electron chi connectivity index (χ1n) is 7.10. The molecule has 0 saturated carbocycles. The van der Waals surface area contributed by atoms with Gasteiger partial charge in [0, 0.05) is 17.0 Å². The Bertz CT molecular complexity index is 404. The summed E-state index contributed by atoms with van der Waals surface area (Å²) < 4.78 is 0. The van der Waals surface area contributed by atoms with Crippen LogP contribution in [-0.2, 0) is 0 Å². The molecule has 0 amide bonds. The van der Waals surface area contributed by atoms with Gasteiger partial charge in [-0.3, -0.25) is 4.99 Å². The van der Waals surface area contributed by atoms with Crippen molar-refractivity contribution in [2.45, 2.75) is 39.3 Å². The minimum atomic E-state index is 0.0115. The highest BCUT2D eigenvalue weighted by Gasteiger charge is 2.16. The van der Waals surface area contributed by atoms with Gasteiger partial charge in [-0.25, -0.2) is 0 Å². The first-order valence-corrected chi connectivity index (χ1v) is 7.97. The van der Waals surface area contributed by atoms with Crippen molar-refractivity contribution in [1.29, 1.82) is 0 Å². The van der Waals surface area contributed by atoms with E-state index in [1.54, 1.807) is 11.3 Å². The third-order valence-corrected chi connectivity index (χ3v) is 3.73. The Balaban J connectivity index is 2.77. The maximum atomic E-state index is 4.74. The molecule has 0 aromatic carbocycles. The quantitative estimate of drug-likeness (QED) is 0.648. The van der Waals surface area contributed by atoms with Crippen LogP contribution in [0.25, 0.3) is 0 Å². The van der Waals surface area contributed by atoms with E-state index >= 15 is 0 Å². The smallest absolute Gasteiger partial charge is 0.191 e. The Morgan fingerprint density at radius 3 is 2.55 bits per heavy atom. The Morgan fingerprint density at radius 1 is 1.40 bits per heavy atom. The fourth-order valence-corrected chi connectivity index (χ4v) is 2.74. The molecule has 0 aliphatic rings. The van der Waals surface area contributed by atoms with E-state index in [4.69, 9.17) is 4.99 Å². The summed E-state index contributed by atoms with van der Waals surface area (Å²) in [7, 11) is 4.20. The van der Waals surface area contributed by atoms with E-state index in [-0.39, 0.29) is 5.54 Å². The lowest BCUT2D eigenvalue weighted by atomic mass is 10.1. The number of aliphatic imine (C=N–C) groups is 1. The summed E-state index contributed by atoms with van der Waals surface area (Å²) in [6.45, 7) is 10.1. The molecular weight excluding hydrogens is 268 g/mol. The van der Waals surface area contributed by atoms with Crippen LogP contribution in [-0.4, -0.2) is 43.6 Å². The molecule has 5 heteroatoms. The normalized spacial score (nSPS) is 14.4. The van der Waals surface area contributed by atoms with Crippen LogP contribution in [0.3, 0.4) is 0 Å². The lowest BCUT2D eigenvalue weighted by molar-refractivity contribution is 0.310. The molecule has 0 bridgehead atoms. The molecule has 1 unspecified atom stereocenters. The van der Waals surface area contributed by atoms with Crippen LogP contribution >= 0.6 is 11.3 Å². The summed E-state index contributed by atoms with van der Waals surface area (Å²) in [4.78, 5) is 8.31. The van der Waals surface area contributed by atoms with Gasteiger partial charge in [-0.05, 0) is 53.2 Å². The predicted octanol–water partition coefficient (Wildman–Crippen LogP) is 2.70. The summed E-state index contributed by atoms with van der Waals surface area (Å²) in [5, 5.41) is 8.84. The first-order chi connectivity index (χ1) is 9.33. The van der Waals surface area contributed by atoms with Crippen LogP contribution < -0.4 is 10.6 Å². The molecule has 20 heavy (non-hydrogen) atoms. The summed E-state index contributed by atoms with van der Waals surface area (Å²) >= 11 is 1.79. The average molecular weight is 296 g/mol. The molecule has 1 aromatic rings. The molecule has 4 nitrogen and oxygen atoms in total. The van der Waals surface area contributed by atoms with Crippen molar-refractivity contribution in [2.24, 2.45) is 4.99 Å². The van der Waals surface area contributed by atoms with E-state index in [2.05, 4.69) is 74.8 Å². The summed E-state index contributed by atoms with van der Waals surface area (Å²) in [6, 6.07) is 4.60. The van der Waals surface area contributed by atoms with Crippen molar-refractivity contribution < 1.29 is 0 Å². The van der Waals surface area contributed by atoms with Gasteiger partial charge in [-0.1, -0.05) is 6.07 Å². The lowest BCUT2D eigenvalue weighted by Crippen LogP contribution is -2.47. The van der Waals surface area contributed by atoms with Gasteiger partial charge in [0.1, 0.15) is 0 Å². The number of hydrogen-bond acceptors (Lipinski definition) is 3. The Hall–Kier alpha value is -1.07. The fourth-order valence-electron chi connectivity index (χ4n) is 1.83. The van der Waals surface area contributed by atoms with E-state index in [1.807, 2.05) is 0 Å². The predicted molar refractivity (Wildman–Crippen MR) is 89.6 cm³/mol. The minimum Gasteiger partial charge on any atom is -0.357 e. The number of guanidine groups is 1. The molecule has 0 aliphatic heterocycles. The van der Waals surface area contributed by atoms with Crippen LogP contribution in [0.5, 0.6) is 0 Å². The van der Waals surface area contributed by atoms with Gasteiger partial charge < -0.3 is 15.5 Å². The van der Waals surface area contributed by atoms with Crippen LogP contribution in [0.2, 0.25) is 0 Å². The lowest BCUT2D eigenvalue weighted by Gasteiger charge is -2.25.